The van der Waals surface area contributed by atoms with Gasteiger partial charge in [0.25, 0.3) is 0 Å². The molecule has 0 bridgehead atoms. The van der Waals surface area contributed by atoms with Crippen molar-refractivity contribution in [1.82, 2.24) is 10.2 Å². The molecule has 3 fully saturated rings. The third-order valence-corrected chi connectivity index (χ3v) is 4.29. The number of hydrogen-bond acceptors (Lipinski definition) is 2. The van der Waals surface area contributed by atoms with Crippen LogP contribution in [-0.4, -0.2) is 35.8 Å². The van der Waals surface area contributed by atoms with Crippen LogP contribution >= 0.6 is 0 Å². The highest BCUT2D eigenvalue weighted by Crippen LogP contribution is 2.41. The van der Waals surface area contributed by atoms with Crippen molar-refractivity contribution < 1.29 is 9.59 Å². The molecule has 2 aliphatic carbocycles. The first-order valence-corrected chi connectivity index (χ1v) is 7.35. The first kappa shape index (κ1) is 12.0. The Kier molecular flexibility index (Phi) is 3.27. The lowest BCUT2D eigenvalue weighted by atomic mass is 10.2. The zero-order valence-electron chi connectivity index (χ0n) is 10.9. The molecular weight excluding hydrogens is 228 g/mol. The van der Waals surface area contributed by atoms with Gasteiger partial charge in [0.05, 0.1) is 11.8 Å². The summed E-state index contributed by atoms with van der Waals surface area (Å²) in [6, 6.07) is 0.409. The lowest BCUT2D eigenvalue weighted by Gasteiger charge is -2.20. The van der Waals surface area contributed by atoms with Gasteiger partial charge in [0.1, 0.15) is 0 Å². The Hall–Kier alpha value is -1.06. The molecule has 2 saturated carbocycles. The van der Waals surface area contributed by atoms with Crippen molar-refractivity contribution in [3.8, 4) is 0 Å². The summed E-state index contributed by atoms with van der Waals surface area (Å²) in [7, 11) is 0. The number of amides is 2. The molecule has 0 aromatic heterocycles. The number of carbonyl (C=O) groups is 2. The van der Waals surface area contributed by atoms with E-state index in [4.69, 9.17) is 0 Å². The van der Waals surface area contributed by atoms with Gasteiger partial charge in [-0.05, 0) is 32.1 Å². The summed E-state index contributed by atoms with van der Waals surface area (Å²) in [5, 5.41) is 3.01. The molecule has 0 spiro atoms. The maximum Gasteiger partial charge on any atom is 0.226 e. The molecule has 1 heterocycles. The second kappa shape index (κ2) is 4.90. The second-order valence-corrected chi connectivity index (χ2v) is 5.97. The highest BCUT2D eigenvalue weighted by molar-refractivity contribution is 5.92. The van der Waals surface area contributed by atoms with Crippen molar-refractivity contribution in [3.05, 3.63) is 0 Å². The van der Waals surface area contributed by atoms with Crippen molar-refractivity contribution in [2.75, 3.05) is 13.1 Å². The van der Waals surface area contributed by atoms with E-state index in [1.54, 1.807) is 0 Å². The largest absolute Gasteiger partial charge is 0.353 e. The van der Waals surface area contributed by atoms with Crippen molar-refractivity contribution >= 4 is 11.8 Å². The van der Waals surface area contributed by atoms with Crippen LogP contribution in [0.1, 0.15) is 44.9 Å². The fourth-order valence-corrected chi connectivity index (χ4v) is 2.82. The molecular formula is C14H22N2O2. The lowest BCUT2D eigenvalue weighted by molar-refractivity contribution is -0.134. The molecule has 2 amide bonds. The number of likely N-dealkylation sites (tertiary alicyclic amines) is 1. The van der Waals surface area contributed by atoms with Crippen LogP contribution in [0, 0.1) is 11.8 Å². The molecule has 4 nitrogen and oxygen atoms in total. The molecule has 0 aromatic rings. The minimum atomic E-state index is -0.0265. The Morgan fingerprint density at radius 1 is 0.944 bits per heavy atom. The van der Waals surface area contributed by atoms with Gasteiger partial charge in [0.2, 0.25) is 11.8 Å². The first-order valence-electron chi connectivity index (χ1n) is 7.35. The predicted molar refractivity (Wildman–Crippen MR) is 67.8 cm³/mol. The van der Waals surface area contributed by atoms with Crippen molar-refractivity contribution in [1.29, 1.82) is 0 Å². The van der Waals surface area contributed by atoms with Gasteiger partial charge in [-0.25, -0.2) is 0 Å². The van der Waals surface area contributed by atoms with Crippen LogP contribution in [0.15, 0.2) is 0 Å². The number of hydrogen-bond donors (Lipinski definition) is 1. The Bertz CT molecular complexity index is 344. The van der Waals surface area contributed by atoms with Crippen LogP contribution in [0.3, 0.4) is 0 Å². The average molecular weight is 250 g/mol. The third-order valence-electron chi connectivity index (χ3n) is 4.29. The van der Waals surface area contributed by atoms with Crippen LogP contribution in [-0.2, 0) is 9.59 Å². The molecule has 1 saturated heterocycles. The van der Waals surface area contributed by atoms with E-state index in [2.05, 4.69) is 5.32 Å². The molecule has 0 radical (unpaired) electrons. The van der Waals surface area contributed by atoms with Crippen molar-refractivity contribution in [2.45, 2.75) is 51.0 Å². The zero-order valence-corrected chi connectivity index (χ0v) is 10.9. The Morgan fingerprint density at radius 3 is 2.22 bits per heavy atom. The Balaban J connectivity index is 1.49. The van der Waals surface area contributed by atoms with Crippen LogP contribution in [0.2, 0.25) is 0 Å². The normalized spacial score (nSPS) is 31.7. The topological polar surface area (TPSA) is 49.4 Å². The predicted octanol–water partition coefficient (Wildman–Crippen LogP) is 1.30. The lowest BCUT2D eigenvalue weighted by Crippen LogP contribution is -2.35. The fourth-order valence-electron chi connectivity index (χ4n) is 2.82. The molecule has 2 atom stereocenters. The SMILES string of the molecule is O=C(NC1CC1)C1CC1C(=O)N1CCCCCC1. The van der Waals surface area contributed by atoms with Gasteiger partial charge in [-0.15, -0.1) is 0 Å². The molecule has 4 heteroatoms. The number of nitrogens with one attached hydrogen (secondary N) is 1. The Labute approximate surface area is 108 Å². The summed E-state index contributed by atoms with van der Waals surface area (Å²) in [5.74, 6) is 0.307. The van der Waals surface area contributed by atoms with E-state index in [9.17, 15) is 9.59 Å². The molecule has 0 aromatic carbocycles. The van der Waals surface area contributed by atoms with Gasteiger partial charge in [-0.3, -0.25) is 9.59 Å². The second-order valence-electron chi connectivity index (χ2n) is 5.97. The highest BCUT2D eigenvalue weighted by Gasteiger charge is 2.50. The third kappa shape index (κ3) is 2.68. The fraction of sp³-hybridized carbons (Fsp3) is 0.857. The maximum atomic E-state index is 12.3. The minimum absolute atomic E-state index is 0.0122. The van der Waals surface area contributed by atoms with Crippen LogP contribution < -0.4 is 5.32 Å². The highest BCUT2D eigenvalue weighted by atomic mass is 16.2. The molecule has 18 heavy (non-hydrogen) atoms. The van der Waals surface area contributed by atoms with E-state index in [0.717, 1.165) is 45.2 Å². The average Bonchev–Trinajstić information content (AvgIpc) is 3.21. The zero-order chi connectivity index (χ0) is 12.5. The summed E-state index contributed by atoms with van der Waals surface area (Å²) in [4.78, 5) is 26.1. The van der Waals surface area contributed by atoms with Gasteiger partial charge >= 0.3 is 0 Å². The van der Waals surface area contributed by atoms with Gasteiger partial charge in [0.15, 0.2) is 0 Å². The van der Waals surface area contributed by atoms with Crippen LogP contribution in [0.5, 0.6) is 0 Å². The van der Waals surface area contributed by atoms with E-state index < -0.39 is 0 Å². The summed E-state index contributed by atoms with van der Waals surface area (Å²) in [6.07, 6.45) is 7.72. The van der Waals surface area contributed by atoms with Gasteiger partial charge in [0, 0.05) is 19.1 Å². The molecule has 2 unspecified atom stereocenters. The molecule has 1 N–H and O–H groups in total. The first-order chi connectivity index (χ1) is 8.75. The summed E-state index contributed by atoms with van der Waals surface area (Å²) >= 11 is 0. The smallest absolute Gasteiger partial charge is 0.226 e. The molecule has 3 rings (SSSR count). The number of rotatable bonds is 3. The summed E-state index contributed by atoms with van der Waals surface area (Å²) in [6.45, 7) is 1.79. The quantitative estimate of drug-likeness (QED) is 0.821. The van der Waals surface area contributed by atoms with Crippen LogP contribution in [0.25, 0.3) is 0 Å². The van der Waals surface area contributed by atoms with Crippen molar-refractivity contribution in [2.24, 2.45) is 11.8 Å². The molecule has 1 aliphatic heterocycles. The number of nitrogens with zero attached hydrogens (tertiary/aromatic N) is 1. The summed E-state index contributed by atoms with van der Waals surface area (Å²) in [5.41, 5.74) is 0. The monoisotopic (exact) mass is 250 g/mol. The van der Waals surface area contributed by atoms with Crippen LogP contribution in [0.4, 0.5) is 0 Å². The van der Waals surface area contributed by atoms with Gasteiger partial charge < -0.3 is 10.2 Å². The molecule has 100 valence electrons. The maximum absolute atomic E-state index is 12.3. The van der Waals surface area contributed by atoms with E-state index in [1.807, 2.05) is 4.90 Å². The summed E-state index contributed by atoms with van der Waals surface area (Å²) < 4.78 is 0. The van der Waals surface area contributed by atoms with E-state index in [-0.39, 0.29) is 23.7 Å². The minimum Gasteiger partial charge on any atom is -0.353 e. The Morgan fingerprint density at radius 2 is 1.61 bits per heavy atom. The number of carbonyl (C=O) groups excluding carboxylic acids is 2. The van der Waals surface area contributed by atoms with E-state index in [0.29, 0.717) is 6.04 Å². The standard InChI is InChI=1S/C14H22N2O2/c17-13(15-10-5-6-10)11-9-12(11)14(18)16-7-3-1-2-4-8-16/h10-12H,1-9H2,(H,15,17). The van der Waals surface area contributed by atoms with Crippen molar-refractivity contribution in [3.63, 3.8) is 0 Å². The van der Waals surface area contributed by atoms with Gasteiger partial charge in [-0.1, -0.05) is 12.8 Å². The van der Waals surface area contributed by atoms with E-state index >= 15 is 0 Å². The van der Waals surface area contributed by atoms with Gasteiger partial charge in [-0.2, -0.15) is 0 Å². The van der Waals surface area contributed by atoms with E-state index in [1.165, 1.54) is 12.8 Å². The molecule has 3 aliphatic rings.